The third-order valence-electron chi connectivity index (χ3n) is 6.06. The SMILES string of the molecule is COc1ccc(CC2=C(c3ccc4nsnc4c3)C(=O)OC2(O)c2ccc3c(c2)OCO3)cc1F. The molecule has 2 aliphatic rings. The fourth-order valence-electron chi connectivity index (χ4n) is 4.34. The van der Waals surface area contributed by atoms with Crippen molar-refractivity contribution in [1.29, 1.82) is 0 Å². The Morgan fingerprint density at radius 2 is 1.89 bits per heavy atom. The molecule has 1 unspecified atom stereocenters. The molecule has 1 N–H and O–H groups in total. The van der Waals surface area contributed by atoms with Crippen molar-refractivity contribution >= 4 is 34.3 Å². The Kier molecular flexibility index (Phi) is 4.94. The van der Waals surface area contributed by atoms with E-state index in [1.54, 1.807) is 42.5 Å². The summed E-state index contributed by atoms with van der Waals surface area (Å²) in [5.41, 5.74) is 3.05. The van der Waals surface area contributed by atoms with Crippen LogP contribution in [0.15, 0.2) is 60.2 Å². The Hall–Kier alpha value is -4.02. The molecule has 4 aromatic rings. The Morgan fingerprint density at radius 3 is 2.71 bits per heavy atom. The van der Waals surface area contributed by atoms with Crippen LogP contribution >= 0.6 is 11.7 Å². The molecule has 0 bridgehead atoms. The predicted molar refractivity (Wildman–Crippen MR) is 124 cm³/mol. The van der Waals surface area contributed by atoms with Gasteiger partial charge in [-0.3, -0.25) is 0 Å². The minimum Gasteiger partial charge on any atom is -0.494 e. The summed E-state index contributed by atoms with van der Waals surface area (Å²) in [7, 11) is 1.38. The summed E-state index contributed by atoms with van der Waals surface area (Å²) in [6.07, 6.45) is 0.0281. The van der Waals surface area contributed by atoms with Crippen molar-refractivity contribution in [3.63, 3.8) is 0 Å². The lowest BCUT2D eigenvalue weighted by molar-refractivity contribution is -0.185. The van der Waals surface area contributed by atoms with Crippen molar-refractivity contribution in [2.45, 2.75) is 12.2 Å². The van der Waals surface area contributed by atoms with Crippen LogP contribution < -0.4 is 14.2 Å². The normalized spacial score (nSPS) is 18.9. The lowest BCUT2D eigenvalue weighted by Gasteiger charge is -2.26. The van der Waals surface area contributed by atoms with Gasteiger partial charge in [-0.05, 0) is 53.6 Å². The molecule has 0 fully saturated rings. The number of benzene rings is 3. The highest BCUT2D eigenvalue weighted by Gasteiger charge is 2.48. The lowest BCUT2D eigenvalue weighted by Crippen LogP contribution is -2.29. The van der Waals surface area contributed by atoms with Gasteiger partial charge in [0, 0.05) is 17.6 Å². The van der Waals surface area contributed by atoms with Gasteiger partial charge in [-0.15, -0.1) is 0 Å². The molecule has 2 aliphatic heterocycles. The number of fused-ring (bicyclic) bond motifs is 2. The number of carbonyl (C=O) groups is 1. The first-order valence-electron chi connectivity index (χ1n) is 10.6. The minimum atomic E-state index is -2.11. The summed E-state index contributed by atoms with van der Waals surface area (Å²) in [5.74, 6) is -2.35. The zero-order chi connectivity index (χ0) is 24.2. The minimum absolute atomic E-state index is 0.0281. The third kappa shape index (κ3) is 3.49. The van der Waals surface area contributed by atoms with E-state index in [0.717, 1.165) is 11.7 Å². The Bertz CT molecular complexity index is 1530. The molecular weight excluding hydrogens is 475 g/mol. The summed E-state index contributed by atoms with van der Waals surface area (Å²) in [4.78, 5) is 13.2. The maximum atomic E-state index is 14.5. The van der Waals surface area contributed by atoms with Crippen molar-refractivity contribution in [3.05, 3.63) is 82.7 Å². The van der Waals surface area contributed by atoms with Gasteiger partial charge in [0.15, 0.2) is 23.1 Å². The number of methoxy groups -OCH3 is 1. The smallest absolute Gasteiger partial charge is 0.342 e. The van der Waals surface area contributed by atoms with E-state index >= 15 is 0 Å². The summed E-state index contributed by atoms with van der Waals surface area (Å²) < 4.78 is 44.4. The lowest BCUT2D eigenvalue weighted by atomic mass is 9.88. The first-order valence-corrected chi connectivity index (χ1v) is 11.3. The first-order chi connectivity index (χ1) is 17.0. The number of ether oxygens (including phenoxy) is 4. The fourth-order valence-corrected chi connectivity index (χ4v) is 4.86. The van der Waals surface area contributed by atoms with Gasteiger partial charge in [-0.25, -0.2) is 9.18 Å². The van der Waals surface area contributed by atoms with Gasteiger partial charge in [-0.2, -0.15) is 8.75 Å². The average molecular weight is 492 g/mol. The molecule has 35 heavy (non-hydrogen) atoms. The Labute approximate surface area is 202 Å². The number of halogens is 1. The van der Waals surface area contributed by atoms with Gasteiger partial charge in [0.2, 0.25) is 6.79 Å². The average Bonchev–Trinajstić information content (AvgIpc) is 3.57. The summed E-state index contributed by atoms with van der Waals surface area (Å²) in [5, 5.41) is 11.8. The van der Waals surface area contributed by atoms with Crippen molar-refractivity contribution in [2.24, 2.45) is 0 Å². The van der Waals surface area contributed by atoms with Crippen LogP contribution in [-0.4, -0.2) is 33.7 Å². The van der Waals surface area contributed by atoms with Crippen molar-refractivity contribution < 1.29 is 33.2 Å². The number of aromatic nitrogens is 2. The van der Waals surface area contributed by atoms with Crippen LogP contribution in [0, 0.1) is 5.82 Å². The number of hydrogen-bond donors (Lipinski definition) is 1. The zero-order valence-electron chi connectivity index (χ0n) is 18.3. The van der Waals surface area contributed by atoms with Crippen LogP contribution in [-0.2, 0) is 21.7 Å². The second-order valence-electron chi connectivity index (χ2n) is 8.07. The molecule has 10 heteroatoms. The molecule has 6 rings (SSSR count). The van der Waals surface area contributed by atoms with Crippen LogP contribution in [0.5, 0.6) is 17.2 Å². The Morgan fingerprint density at radius 1 is 1.06 bits per heavy atom. The molecule has 176 valence electrons. The quantitative estimate of drug-likeness (QED) is 0.418. The molecular formula is C25H17FN2O6S. The third-order valence-corrected chi connectivity index (χ3v) is 6.62. The van der Waals surface area contributed by atoms with Crippen LogP contribution in [0.25, 0.3) is 16.6 Å². The summed E-state index contributed by atoms with van der Waals surface area (Å²) >= 11 is 1.06. The largest absolute Gasteiger partial charge is 0.494 e. The van der Waals surface area contributed by atoms with Crippen molar-refractivity contribution in [1.82, 2.24) is 8.75 Å². The van der Waals surface area contributed by atoms with Crippen molar-refractivity contribution in [2.75, 3.05) is 13.9 Å². The highest BCUT2D eigenvalue weighted by molar-refractivity contribution is 7.00. The molecule has 0 spiro atoms. The molecule has 0 saturated heterocycles. The number of cyclic esters (lactones) is 1. The van der Waals surface area contributed by atoms with E-state index in [0.29, 0.717) is 33.7 Å². The maximum absolute atomic E-state index is 14.5. The Balaban J connectivity index is 1.53. The summed E-state index contributed by atoms with van der Waals surface area (Å²) in [6.45, 7) is 0.0533. The molecule has 0 radical (unpaired) electrons. The van der Waals surface area contributed by atoms with Gasteiger partial charge in [0.05, 0.1) is 24.4 Å². The van der Waals surface area contributed by atoms with Crippen LogP contribution in [0.3, 0.4) is 0 Å². The van der Waals surface area contributed by atoms with Crippen LogP contribution in [0.1, 0.15) is 16.7 Å². The van der Waals surface area contributed by atoms with E-state index in [9.17, 15) is 14.3 Å². The van der Waals surface area contributed by atoms with Gasteiger partial charge in [-0.1, -0.05) is 12.1 Å². The molecule has 3 aromatic carbocycles. The second-order valence-corrected chi connectivity index (χ2v) is 8.60. The van der Waals surface area contributed by atoms with Gasteiger partial charge in [0.1, 0.15) is 11.0 Å². The molecule has 3 heterocycles. The highest BCUT2D eigenvalue weighted by Crippen LogP contribution is 2.47. The predicted octanol–water partition coefficient (Wildman–Crippen LogP) is 3.97. The van der Waals surface area contributed by atoms with E-state index < -0.39 is 17.6 Å². The molecule has 0 amide bonds. The topological polar surface area (TPSA) is 100 Å². The number of rotatable bonds is 5. The number of nitrogens with zero attached hydrogens (tertiary/aromatic N) is 2. The molecule has 1 atom stereocenters. The van der Waals surface area contributed by atoms with E-state index in [-0.39, 0.29) is 35.7 Å². The zero-order valence-corrected chi connectivity index (χ0v) is 19.1. The van der Waals surface area contributed by atoms with E-state index in [4.69, 9.17) is 18.9 Å². The van der Waals surface area contributed by atoms with Gasteiger partial charge >= 0.3 is 5.97 Å². The number of hydrogen-bond acceptors (Lipinski definition) is 9. The molecule has 8 nitrogen and oxygen atoms in total. The van der Waals surface area contributed by atoms with E-state index in [1.807, 2.05) is 0 Å². The molecule has 0 aliphatic carbocycles. The van der Waals surface area contributed by atoms with Gasteiger partial charge in [0.25, 0.3) is 5.79 Å². The van der Waals surface area contributed by atoms with Gasteiger partial charge < -0.3 is 24.1 Å². The maximum Gasteiger partial charge on any atom is 0.342 e. The highest BCUT2D eigenvalue weighted by atomic mass is 32.1. The molecule has 1 aromatic heterocycles. The molecule has 0 saturated carbocycles. The number of aliphatic hydroxyl groups is 1. The summed E-state index contributed by atoms with van der Waals surface area (Å²) in [6, 6.07) is 14.5. The van der Waals surface area contributed by atoms with E-state index in [2.05, 4.69) is 8.75 Å². The monoisotopic (exact) mass is 492 g/mol. The number of esters is 1. The standard InChI is InChI=1S/C25H17FN2O6S/c1-31-20-6-2-13(9-17(20)26)8-16-23(14-3-5-18-19(10-14)28-35-27-18)24(29)34-25(16,30)15-4-7-21-22(11-15)33-12-32-21/h2-7,9-11,30H,8,12H2,1H3. The van der Waals surface area contributed by atoms with Crippen LogP contribution in [0.2, 0.25) is 0 Å². The fraction of sp³-hybridized carbons (Fsp3) is 0.160. The van der Waals surface area contributed by atoms with E-state index in [1.165, 1.54) is 19.2 Å². The number of carbonyl (C=O) groups excluding carboxylic acids is 1. The second kappa shape index (κ2) is 8.03. The van der Waals surface area contributed by atoms with Crippen LogP contribution in [0.4, 0.5) is 4.39 Å². The first kappa shape index (κ1) is 21.5. The van der Waals surface area contributed by atoms with Crippen molar-refractivity contribution in [3.8, 4) is 17.2 Å².